The summed E-state index contributed by atoms with van der Waals surface area (Å²) < 4.78 is 77.6. The molecule has 0 radical (unpaired) electrons. The molecule has 2 aromatic rings. The van der Waals surface area contributed by atoms with Crippen molar-refractivity contribution >= 4 is 21.2 Å². The number of nitrogens with one attached hydrogen (secondary N) is 1. The third kappa shape index (κ3) is 4.06. The number of benzene rings is 1. The van der Waals surface area contributed by atoms with Crippen molar-refractivity contribution in [3.05, 3.63) is 47.8 Å². The Morgan fingerprint density at radius 3 is 2.07 bits per heavy atom. The van der Waals surface area contributed by atoms with Crippen LogP contribution in [0.4, 0.5) is 28.9 Å². The molecule has 1 N–H and O–H groups in total. The molecule has 1 fully saturated rings. The Hall–Kier alpha value is -2.36. The number of halogens is 4. The molecule has 10 heteroatoms. The fraction of sp³-hybridized carbons (Fsp3) is 0.389. The standard InChI is InChI=1S/C18H19F4N3O2S/c1-2-28(26,27)13-5-3-12(4-6-13)25-9-7-11(8-10-25)23-16-14(19)17(21)24-18(22)15(16)20/h3-6,11H,2,7-10H2,1H3,(H,23,24). The van der Waals surface area contributed by atoms with Crippen LogP contribution in [0.2, 0.25) is 0 Å². The van der Waals surface area contributed by atoms with E-state index in [0.29, 0.717) is 25.9 Å². The third-order valence-electron chi connectivity index (χ3n) is 4.78. The molecule has 2 heterocycles. The Kier molecular flexibility index (Phi) is 5.78. The van der Waals surface area contributed by atoms with Crippen LogP contribution < -0.4 is 10.2 Å². The van der Waals surface area contributed by atoms with Gasteiger partial charge < -0.3 is 10.2 Å². The van der Waals surface area contributed by atoms with Crippen molar-refractivity contribution in [2.45, 2.75) is 30.7 Å². The van der Waals surface area contributed by atoms with Gasteiger partial charge in [0.15, 0.2) is 9.84 Å². The van der Waals surface area contributed by atoms with Crippen LogP contribution in [0.5, 0.6) is 0 Å². The molecular weight excluding hydrogens is 398 g/mol. The number of rotatable bonds is 5. The van der Waals surface area contributed by atoms with Crippen LogP contribution in [-0.2, 0) is 9.84 Å². The van der Waals surface area contributed by atoms with E-state index in [1.165, 1.54) is 0 Å². The van der Waals surface area contributed by atoms with E-state index in [2.05, 4.69) is 10.3 Å². The van der Waals surface area contributed by atoms with E-state index in [-0.39, 0.29) is 16.7 Å². The summed E-state index contributed by atoms with van der Waals surface area (Å²) in [6.07, 6.45) is 0.943. The number of sulfone groups is 1. The van der Waals surface area contributed by atoms with Crippen LogP contribution in [0.25, 0.3) is 0 Å². The molecule has 1 aliphatic rings. The second-order valence-electron chi connectivity index (χ2n) is 6.50. The van der Waals surface area contributed by atoms with Crippen LogP contribution in [0.1, 0.15) is 19.8 Å². The maximum Gasteiger partial charge on any atom is 0.253 e. The average Bonchev–Trinajstić information content (AvgIpc) is 2.70. The number of hydrogen-bond donors (Lipinski definition) is 1. The number of hydrogen-bond acceptors (Lipinski definition) is 5. The largest absolute Gasteiger partial charge is 0.377 e. The van der Waals surface area contributed by atoms with Gasteiger partial charge in [0, 0.05) is 24.8 Å². The quantitative estimate of drug-likeness (QED) is 0.596. The number of piperidine rings is 1. The highest BCUT2D eigenvalue weighted by Crippen LogP contribution is 2.27. The third-order valence-corrected chi connectivity index (χ3v) is 6.53. The predicted molar refractivity (Wildman–Crippen MR) is 97.1 cm³/mol. The molecule has 0 saturated carbocycles. The van der Waals surface area contributed by atoms with Gasteiger partial charge in [-0.3, -0.25) is 0 Å². The minimum atomic E-state index is -3.27. The zero-order valence-electron chi connectivity index (χ0n) is 15.1. The molecule has 0 spiro atoms. The summed E-state index contributed by atoms with van der Waals surface area (Å²) in [5, 5.41) is 2.53. The van der Waals surface area contributed by atoms with Gasteiger partial charge in [0.25, 0.3) is 11.9 Å². The zero-order valence-corrected chi connectivity index (χ0v) is 15.9. The number of nitrogens with zero attached hydrogens (tertiary/aromatic N) is 2. The SMILES string of the molecule is CCS(=O)(=O)c1ccc(N2CCC(Nc3c(F)c(F)nc(F)c3F)CC2)cc1. The lowest BCUT2D eigenvalue weighted by atomic mass is 10.0. The van der Waals surface area contributed by atoms with Crippen LogP contribution in [-0.4, -0.2) is 38.3 Å². The Morgan fingerprint density at radius 2 is 1.57 bits per heavy atom. The van der Waals surface area contributed by atoms with Gasteiger partial charge in [-0.15, -0.1) is 0 Å². The molecule has 0 atom stereocenters. The van der Waals surface area contributed by atoms with E-state index < -0.39 is 39.1 Å². The zero-order chi connectivity index (χ0) is 20.5. The predicted octanol–water partition coefficient (Wildman–Crippen LogP) is 3.51. The van der Waals surface area contributed by atoms with E-state index in [1.54, 1.807) is 31.2 Å². The number of anilines is 2. The van der Waals surface area contributed by atoms with E-state index in [1.807, 2.05) is 4.90 Å². The summed E-state index contributed by atoms with van der Waals surface area (Å²) in [4.78, 5) is 4.79. The Morgan fingerprint density at radius 1 is 1.04 bits per heavy atom. The first kappa shape index (κ1) is 20.4. The van der Waals surface area contributed by atoms with E-state index in [4.69, 9.17) is 0 Å². The maximum atomic E-state index is 13.7. The minimum absolute atomic E-state index is 0.0206. The van der Waals surface area contributed by atoms with Gasteiger partial charge in [0.1, 0.15) is 5.69 Å². The Labute approximate surface area is 160 Å². The molecule has 3 rings (SSSR count). The molecule has 152 valence electrons. The summed E-state index contributed by atoms with van der Waals surface area (Å²) in [6.45, 7) is 2.63. The van der Waals surface area contributed by atoms with E-state index in [9.17, 15) is 26.0 Å². The van der Waals surface area contributed by atoms with Crippen LogP contribution >= 0.6 is 0 Å². The summed E-state index contributed by atoms with van der Waals surface area (Å²) in [6, 6.07) is 6.14. The fourth-order valence-corrected chi connectivity index (χ4v) is 4.01. The molecular formula is C18H19F4N3O2S. The smallest absolute Gasteiger partial charge is 0.253 e. The van der Waals surface area contributed by atoms with Gasteiger partial charge in [0.2, 0.25) is 11.6 Å². The molecule has 1 aromatic carbocycles. The molecule has 0 aliphatic carbocycles. The molecule has 1 aliphatic heterocycles. The van der Waals surface area contributed by atoms with E-state index >= 15 is 0 Å². The molecule has 1 saturated heterocycles. The lowest BCUT2D eigenvalue weighted by Gasteiger charge is -2.34. The van der Waals surface area contributed by atoms with Crippen LogP contribution in [0.3, 0.4) is 0 Å². The van der Waals surface area contributed by atoms with Gasteiger partial charge >= 0.3 is 0 Å². The first-order chi connectivity index (χ1) is 13.2. The van der Waals surface area contributed by atoms with Gasteiger partial charge in [-0.25, -0.2) is 8.42 Å². The van der Waals surface area contributed by atoms with Crippen molar-refractivity contribution in [3.63, 3.8) is 0 Å². The lowest BCUT2D eigenvalue weighted by Crippen LogP contribution is -2.39. The minimum Gasteiger partial charge on any atom is -0.377 e. The van der Waals surface area contributed by atoms with Gasteiger partial charge in [-0.1, -0.05) is 6.92 Å². The van der Waals surface area contributed by atoms with Crippen molar-refractivity contribution in [1.82, 2.24) is 4.98 Å². The van der Waals surface area contributed by atoms with Crippen molar-refractivity contribution in [3.8, 4) is 0 Å². The first-order valence-electron chi connectivity index (χ1n) is 8.77. The summed E-state index contributed by atoms with van der Waals surface area (Å²) >= 11 is 0. The highest BCUT2D eigenvalue weighted by atomic mass is 32.2. The monoisotopic (exact) mass is 417 g/mol. The first-order valence-corrected chi connectivity index (χ1v) is 10.4. The second-order valence-corrected chi connectivity index (χ2v) is 8.78. The average molecular weight is 417 g/mol. The van der Waals surface area contributed by atoms with E-state index in [0.717, 1.165) is 5.69 Å². The van der Waals surface area contributed by atoms with Crippen molar-refractivity contribution in [2.75, 3.05) is 29.1 Å². The normalized spacial score (nSPS) is 15.7. The number of aromatic nitrogens is 1. The highest BCUT2D eigenvalue weighted by Gasteiger charge is 2.26. The lowest BCUT2D eigenvalue weighted by molar-refractivity contribution is 0.407. The molecule has 1 aromatic heterocycles. The molecule has 0 unspecified atom stereocenters. The summed E-state index contributed by atoms with van der Waals surface area (Å²) in [5.74, 6) is -6.46. The maximum absolute atomic E-state index is 13.7. The van der Waals surface area contributed by atoms with Gasteiger partial charge in [0.05, 0.1) is 10.6 Å². The fourth-order valence-electron chi connectivity index (χ4n) is 3.13. The second kappa shape index (κ2) is 7.94. The summed E-state index contributed by atoms with van der Waals surface area (Å²) in [5.41, 5.74) is -0.0237. The highest BCUT2D eigenvalue weighted by molar-refractivity contribution is 7.91. The number of pyridine rings is 1. The van der Waals surface area contributed by atoms with Gasteiger partial charge in [-0.05, 0) is 37.1 Å². The van der Waals surface area contributed by atoms with Crippen molar-refractivity contribution in [1.29, 1.82) is 0 Å². The topological polar surface area (TPSA) is 62.3 Å². The molecule has 28 heavy (non-hydrogen) atoms. The van der Waals surface area contributed by atoms with Crippen molar-refractivity contribution in [2.24, 2.45) is 0 Å². The van der Waals surface area contributed by atoms with Crippen LogP contribution in [0.15, 0.2) is 29.2 Å². The summed E-state index contributed by atoms with van der Waals surface area (Å²) in [7, 11) is -3.27. The molecule has 0 amide bonds. The van der Waals surface area contributed by atoms with Gasteiger partial charge in [-0.2, -0.15) is 22.5 Å². The molecule has 0 bridgehead atoms. The van der Waals surface area contributed by atoms with Crippen molar-refractivity contribution < 1.29 is 26.0 Å². The van der Waals surface area contributed by atoms with Crippen LogP contribution in [0, 0.1) is 23.5 Å². The Bertz CT molecular complexity index is 934. The Balaban J connectivity index is 1.66. The molecule has 5 nitrogen and oxygen atoms in total.